The normalized spacial score (nSPS) is 15.1. The summed E-state index contributed by atoms with van der Waals surface area (Å²) in [4.78, 5) is 59.1. The van der Waals surface area contributed by atoms with Crippen LogP contribution >= 0.6 is 0 Å². The van der Waals surface area contributed by atoms with Crippen molar-refractivity contribution in [3.63, 3.8) is 0 Å². The Morgan fingerprint density at radius 3 is 1.49 bits per heavy atom. The number of aromatic nitrogens is 2. The van der Waals surface area contributed by atoms with Crippen LogP contribution in [-0.4, -0.2) is 82.4 Å². The molecule has 0 radical (unpaired) electrons. The molecule has 2 saturated carbocycles. The third kappa shape index (κ3) is 12.7. The van der Waals surface area contributed by atoms with Crippen LogP contribution in [0.25, 0.3) is 21.9 Å². The van der Waals surface area contributed by atoms with Gasteiger partial charge in [-0.3, -0.25) is 19.2 Å². The van der Waals surface area contributed by atoms with E-state index in [9.17, 15) is 28.0 Å². The van der Waals surface area contributed by atoms with Crippen LogP contribution < -0.4 is 10.6 Å². The predicted octanol–water partition coefficient (Wildman–Crippen LogP) is 11.6. The number of hydrogen-bond donors (Lipinski definition) is 3. The molecule has 16 heteroatoms. The van der Waals surface area contributed by atoms with Crippen LogP contribution in [-0.2, 0) is 14.3 Å². The molecule has 6 aromatic rings. The number of amides is 2. The molecule has 0 aliphatic heterocycles. The maximum absolute atomic E-state index is 13.9. The highest BCUT2D eigenvalue weighted by molar-refractivity contribution is 5.93. The average Bonchev–Trinajstić information content (AvgIpc) is 3.87. The molecule has 2 aromatic carbocycles. The summed E-state index contributed by atoms with van der Waals surface area (Å²) in [6.07, 6.45) is 14.7. The molecule has 2 fully saturated rings. The zero-order valence-electron chi connectivity index (χ0n) is 40.7. The monoisotopic (exact) mass is 962 g/mol. The number of halogens is 2. The van der Waals surface area contributed by atoms with Crippen molar-refractivity contribution in [1.29, 1.82) is 0 Å². The molecule has 14 nitrogen and oxygen atoms in total. The first-order chi connectivity index (χ1) is 33.7. The second-order valence-corrected chi connectivity index (χ2v) is 18.5. The van der Waals surface area contributed by atoms with Gasteiger partial charge in [-0.15, -0.1) is 0 Å². The molecule has 2 amide bonds. The van der Waals surface area contributed by atoms with Crippen LogP contribution in [0.3, 0.4) is 0 Å². The lowest BCUT2D eigenvalue weighted by Gasteiger charge is -2.31. The molecule has 0 spiro atoms. The lowest BCUT2D eigenvalue weighted by Crippen LogP contribution is -2.30. The van der Waals surface area contributed by atoms with E-state index in [0.29, 0.717) is 35.3 Å². The van der Waals surface area contributed by atoms with Gasteiger partial charge < -0.3 is 39.1 Å². The summed E-state index contributed by atoms with van der Waals surface area (Å²) in [5.41, 5.74) is 5.30. The first-order valence-electron chi connectivity index (χ1n) is 24.4. The van der Waals surface area contributed by atoms with E-state index in [4.69, 9.17) is 18.7 Å². The number of esters is 1. The number of carboxylic acid groups (broad SMARTS) is 1. The lowest BCUT2D eigenvalue weighted by atomic mass is 9.82. The Morgan fingerprint density at radius 1 is 0.671 bits per heavy atom. The molecular weight excluding hydrogens is 899 g/mol. The standard InChI is InChI=1S/C28H34FN3O4.C26H30FN3O4/c1-4-35-25(33)14-15-32(3)28(34)23-12-11-21(17-30-23)31-26(19-8-6-5-7-9-19)27-18(2)22-16-20(29)10-13-24(22)36-27;1-16-20-14-18(27)8-11-22(20)34-25(16)24(17-6-4-3-5-7-17)29-19-9-10-21(28-15-19)26(33)30(2)13-12-23(31)32/h10-13,16-17,19,26,31H,4-9,14-15H2,1-3H3;8-11,14-15,17,24,29H,3-7,12-13H2,1-2H3,(H,31,32). The number of carboxylic acids is 1. The van der Waals surface area contributed by atoms with E-state index >= 15 is 0 Å². The minimum absolute atomic E-state index is 0.0867. The molecule has 372 valence electrons. The Balaban J connectivity index is 0.000000207. The molecule has 2 aliphatic carbocycles. The number of anilines is 2. The van der Waals surface area contributed by atoms with Crippen LogP contribution in [0.2, 0.25) is 0 Å². The van der Waals surface area contributed by atoms with Gasteiger partial charge in [-0.25, -0.2) is 18.7 Å². The number of ether oxygens (including phenoxy) is 1. The first kappa shape index (κ1) is 51.0. The molecular formula is C54H64F2N6O8. The van der Waals surface area contributed by atoms with E-state index < -0.39 is 5.97 Å². The van der Waals surface area contributed by atoms with E-state index in [1.807, 2.05) is 19.9 Å². The third-order valence-corrected chi connectivity index (χ3v) is 13.6. The van der Waals surface area contributed by atoms with Gasteiger partial charge in [0.05, 0.1) is 55.3 Å². The van der Waals surface area contributed by atoms with Gasteiger partial charge in [-0.1, -0.05) is 38.5 Å². The van der Waals surface area contributed by atoms with Gasteiger partial charge in [0.15, 0.2) is 0 Å². The Morgan fingerprint density at radius 2 is 1.10 bits per heavy atom. The van der Waals surface area contributed by atoms with Gasteiger partial charge in [0.25, 0.3) is 11.8 Å². The summed E-state index contributed by atoms with van der Waals surface area (Å²) in [5, 5.41) is 17.6. The van der Waals surface area contributed by atoms with Crippen molar-refractivity contribution in [3.8, 4) is 0 Å². The Labute approximate surface area is 407 Å². The maximum atomic E-state index is 13.9. The molecule has 2 atom stereocenters. The Kier molecular flexibility index (Phi) is 17.2. The fraction of sp³-hybridized carbons (Fsp3) is 0.444. The van der Waals surface area contributed by atoms with Gasteiger partial charge in [-0.05, 0) is 119 Å². The van der Waals surface area contributed by atoms with Crippen molar-refractivity contribution in [1.82, 2.24) is 19.8 Å². The highest BCUT2D eigenvalue weighted by Crippen LogP contribution is 2.42. The van der Waals surface area contributed by atoms with E-state index in [1.54, 1.807) is 63.7 Å². The summed E-state index contributed by atoms with van der Waals surface area (Å²) in [6.45, 7) is 6.38. The SMILES string of the molecule is CCOC(=O)CCN(C)C(=O)c1ccc(NC(c2oc3ccc(F)cc3c2C)C2CCCCC2)cn1.Cc1c(C(Nc2ccc(C(=O)N(C)CCC(=O)O)nc2)C2CCCCC2)oc2ccc(F)cc12. The molecule has 0 saturated heterocycles. The summed E-state index contributed by atoms with van der Waals surface area (Å²) in [5.74, 6) is -0.0789. The summed E-state index contributed by atoms with van der Waals surface area (Å²) in [7, 11) is 3.20. The number of benzene rings is 2. The van der Waals surface area contributed by atoms with E-state index in [1.165, 1.54) is 59.7 Å². The molecule has 70 heavy (non-hydrogen) atoms. The number of aryl methyl sites for hydroxylation is 2. The number of nitrogens with zero attached hydrogens (tertiary/aromatic N) is 4. The minimum Gasteiger partial charge on any atom is -0.481 e. The number of carbonyl (C=O) groups excluding carboxylic acids is 3. The lowest BCUT2D eigenvalue weighted by molar-refractivity contribution is -0.143. The average molecular weight is 963 g/mol. The first-order valence-corrected chi connectivity index (χ1v) is 24.4. The summed E-state index contributed by atoms with van der Waals surface area (Å²) >= 11 is 0. The molecule has 2 unspecified atom stereocenters. The summed E-state index contributed by atoms with van der Waals surface area (Å²) < 4.78 is 45.1. The van der Waals surface area contributed by atoms with Crippen molar-refractivity contribution < 1.29 is 46.6 Å². The molecule has 3 N–H and O–H groups in total. The second-order valence-electron chi connectivity index (χ2n) is 18.5. The van der Waals surface area contributed by atoms with E-state index in [-0.39, 0.29) is 73.1 Å². The van der Waals surface area contributed by atoms with Crippen LogP contribution in [0.4, 0.5) is 20.2 Å². The van der Waals surface area contributed by atoms with Crippen molar-refractivity contribution in [2.24, 2.45) is 11.8 Å². The van der Waals surface area contributed by atoms with Crippen molar-refractivity contribution >= 4 is 57.1 Å². The summed E-state index contributed by atoms with van der Waals surface area (Å²) in [6, 6.07) is 16.0. The highest BCUT2D eigenvalue weighted by Gasteiger charge is 2.32. The molecule has 0 bridgehead atoms. The topological polar surface area (TPSA) is 180 Å². The zero-order valence-corrected chi connectivity index (χ0v) is 40.7. The van der Waals surface area contributed by atoms with Gasteiger partial charge in [0.1, 0.15) is 45.7 Å². The maximum Gasteiger partial charge on any atom is 0.307 e. The van der Waals surface area contributed by atoms with E-state index in [2.05, 4.69) is 20.6 Å². The van der Waals surface area contributed by atoms with Crippen LogP contribution in [0.1, 0.15) is 140 Å². The smallest absolute Gasteiger partial charge is 0.307 e. The predicted molar refractivity (Wildman–Crippen MR) is 264 cm³/mol. The molecule has 8 rings (SSSR count). The van der Waals surface area contributed by atoms with Gasteiger partial charge in [0, 0.05) is 49.1 Å². The van der Waals surface area contributed by atoms with Crippen molar-refractivity contribution in [2.75, 3.05) is 44.4 Å². The number of carbonyl (C=O) groups is 4. The van der Waals surface area contributed by atoms with Gasteiger partial charge >= 0.3 is 11.9 Å². The quantitative estimate of drug-likeness (QED) is 0.0737. The van der Waals surface area contributed by atoms with Gasteiger partial charge in [-0.2, -0.15) is 0 Å². The van der Waals surface area contributed by atoms with Crippen LogP contribution in [0.5, 0.6) is 0 Å². The second kappa shape index (κ2) is 23.6. The van der Waals surface area contributed by atoms with E-state index in [0.717, 1.165) is 83.3 Å². The highest BCUT2D eigenvalue weighted by atomic mass is 19.1. The number of rotatable bonds is 17. The van der Waals surface area contributed by atoms with Gasteiger partial charge in [0.2, 0.25) is 0 Å². The number of furan rings is 2. The number of hydrogen-bond acceptors (Lipinski definition) is 11. The number of fused-ring (bicyclic) bond motifs is 2. The zero-order chi connectivity index (χ0) is 49.9. The fourth-order valence-corrected chi connectivity index (χ4v) is 9.67. The Hall–Kier alpha value is -6.84. The third-order valence-electron chi connectivity index (χ3n) is 13.6. The van der Waals surface area contributed by atoms with Crippen LogP contribution in [0, 0.1) is 37.3 Å². The van der Waals surface area contributed by atoms with Crippen LogP contribution in [0.15, 0.2) is 81.9 Å². The Bertz CT molecular complexity index is 2750. The number of nitrogens with one attached hydrogen (secondary N) is 2. The molecule has 4 aromatic heterocycles. The minimum atomic E-state index is -0.954. The number of pyridine rings is 2. The van der Waals surface area contributed by atoms with Crippen molar-refractivity contribution in [2.45, 2.75) is 110 Å². The fourth-order valence-electron chi connectivity index (χ4n) is 9.67. The van der Waals surface area contributed by atoms with Crippen molar-refractivity contribution in [3.05, 3.63) is 119 Å². The molecule has 2 aliphatic rings. The molecule has 4 heterocycles. The number of aliphatic carboxylic acids is 1. The largest absolute Gasteiger partial charge is 0.481 e.